The van der Waals surface area contributed by atoms with Crippen molar-refractivity contribution in [3.63, 3.8) is 0 Å². The Labute approximate surface area is 183 Å². The first kappa shape index (κ1) is 22.6. The van der Waals surface area contributed by atoms with Crippen LogP contribution in [0, 0.1) is 19.8 Å². The number of hydrogen-bond acceptors (Lipinski definition) is 5. The summed E-state index contributed by atoms with van der Waals surface area (Å²) in [6.45, 7) is 9.03. The second-order valence-corrected chi connectivity index (χ2v) is 8.16. The molecule has 1 amide bonds. The molecule has 2 heterocycles. The number of ether oxygens (including phenoxy) is 2. The first-order valence-electron chi connectivity index (χ1n) is 10.7. The van der Waals surface area contributed by atoms with Crippen LogP contribution in [0.5, 0.6) is 11.5 Å². The molecule has 0 radical (unpaired) electrons. The van der Waals surface area contributed by atoms with E-state index >= 15 is 0 Å². The van der Waals surface area contributed by atoms with Gasteiger partial charge in [-0.15, -0.1) is 0 Å². The number of aryl methyl sites for hydroxylation is 2. The van der Waals surface area contributed by atoms with E-state index in [2.05, 4.69) is 19.2 Å². The Bertz CT molecular complexity index is 1070. The van der Waals surface area contributed by atoms with Gasteiger partial charge < -0.3 is 14.8 Å². The van der Waals surface area contributed by atoms with Crippen LogP contribution in [0.2, 0.25) is 0 Å². The number of carbonyl (C=O) groups excluding carboxylic acids is 1. The number of nitrogens with zero attached hydrogens (tertiary/aromatic N) is 3. The van der Waals surface area contributed by atoms with Crippen LogP contribution < -0.4 is 14.8 Å². The number of nitrogens with one attached hydrogen (secondary N) is 1. The zero-order valence-corrected chi connectivity index (χ0v) is 19.3. The largest absolute Gasteiger partial charge is 0.497 e. The highest BCUT2D eigenvalue weighted by Crippen LogP contribution is 2.33. The lowest BCUT2D eigenvalue weighted by Crippen LogP contribution is -2.25. The molecule has 0 atom stereocenters. The van der Waals surface area contributed by atoms with Crippen LogP contribution in [0.15, 0.2) is 24.3 Å². The summed E-state index contributed by atoms with van der Waals surface area (Å²) < 4.78 is 12.7. The molecule has 166 valence electrons. The Morgan fingerprint density at radius 1 is 1.16 bits per heavy atom. The molecule has 3 aromatic rings. The lowest BCUT2D eigenvalue weighted by atomic mass is 10.1. The molecule has 31 heavy (non-hydrogen) atoms. The second-order valence-electron chi connectivity index (χ2n) is 8.16. The molecule has 3 rings (SSSR count). The van der Waals surface area contributed by atoms with E-state index in [4.69, 9.17) is 19.6 Å². The van der Waals surface area contributed by atoms with Crippen molar-refractivity contribution in [3.05, 3.63) is 41.2 Å². The second kappa shape index (κ2) is 9.81. The lowest BCUT2D eigenvalue weighted by molar-refractivity contribution is -0.121. The van der Waals surface area contributed by atoms with Crippen LogP contribution >= 0.6 is 0 Å². The van der Waals surface area contributed by atoms with Gasteiger partial charge in [0, 0.05) is 42.0 Å². The molecule has 0 bridgehead atoms. The number of rotatable bonds is 9. The Morgan fingerprint density at radius 2 is 1.94 bits per heavy atom. The molecule has 2 aromatic heterocycles. The zero-order chi connectivity index (χ0) is 22.5. The van der Waals surface area contributed by atoms with Gasteiger partial charge in [0.1, 0.15) is 11.5 Å². The molecule has 1 aromatic carbocycles. The normalized spacial score (nSPS) is 11.2. The third kappa shape index (κ3) is 5.16. The van der Waals surface area contributed by atoms with Crippen molar-refractivity contribution >= 4 is 11.6 Å². The number of benzene rings is 1. The van der Waals surface area contributed by atoms with Crippen LogP contribution in [0.25, 0.3) is 16.9 Å². The Kier molecular flexibility index (Phi) is 7.15. The first-order valence-corrected chi connectivity index (χ1v) is 10.7. The number of hydrogen-bond donors (Lipinski definition) is 1. The summed E-state index contributed by atoms with van der Waals surface area (Å²) in [7, 11) is 3.26. The topological polar surface area (TPSA) is 77.8 Å². The predicted molar refractivity (Wildman–Crippen MR) is 122 cm³/mol. The summed E-state index contributed by atoms with van der Waals surface area (Å²) in [6.07, 6.45) is 2.06. The molecule has 0 aliphatic rings. The van der Waals surface area contributed by atoms with E-state index in [1.54, 1.807) is 14.2 Å². The van der Waals surface area contributed by atoms with E-state index < -0.39 is 0 Å². The number of methoxy groups -OCH3 is 2. The zero-order valence-electron chi connectivity index (χ0n) is 19.3. The van der Waals surface area contributed by atoms with Crippen molar-refractivity contribution in [1.82, 2.24) is 19.9 Å². The number of fused-ring (bicyclic) bond motifs is 1. The smallest absolute Gasteiger partial charge is 0.220 e. The molecule has 0 spiro atoms. The van der Waals surface area contributed by atoms with Crippen molar-refractivity contribution in [2.75, 3.05) is 20.8 Å². The maximum atomic E-state index is 12.2. The standard InChI is InChI=1S/C24H32N4O3/c1-15(2)11-12-25-24(29)10-9-19-16(3)26-23-14-21(27-28(23)17(19)4)20-8-7-18(30-5)13-22(20)31-6/h7-8,13-15H,9-12H2,1-6H3,(H,25,29). The van der Waals surface area contributed by atoms with Crippen LogP contribution in [0.1, 0.15) is 43.6 Å². The van der Waals surface area contributed by atoms with E-state index in [1.807, 2.05) is 42.6 Å². The van der Waals surface area contributed by atoms with Gasteiger partial charge in [0.25, 0.3) is 0 Å². The monoisotopic (exact) mass is 424 g/mol. The molecular weight excluding hydrogens is 392 g/mol. The van der Waals surface area contributed by atoms with Gasteiger partial charge in [-0.2, -0.15) is 5.10 Å². The van der Waals surface area contributed by atoms with Gasteiger partial charge in [-0.05, 0) is 50.3 Å². The van der Waals surface area contributed by atoms with Gasteiger partial charge >= 0.3 is 0 Å². The molecule has 7 heteroatoms. The van der Waals surface area contributed by atoms with E-state index in [0.717, 1.165) is 52.6 Å². The van der Waals surface area contributed by atoms with E-state index in [9.17, 15) is 4.79 Å². The van der Waals surface area contributed by atoms with Crippen LogP contribution in [0.3, 0.4) is 0 Å². The maximum absolute atomic E-state index is 12.2. The van der Waals surface area contributed by atoms with Crippen LogP contribution in [-0.4, -0.2) is 41.3 Å². The highest BCUT2D eigenvalue weighted by atomic mass is 16.5. The quantitative estimate of drug-likeness (QED) is 0.559. The van der Waals surface area contributed by atoms with Gasteiger partial charge in [-0.1, -0.05) is 13.8 Å². The summed E-state index contributed by atoms with van der Waals surface area (Å²) in [5.74, 6) is 2.07. The van der Waals surface area contributed by atoms with Crippen molar-refractivity contribution < 1.29 is 14.3 Å². The van der Waals surface area contributed by atoms with E-state index in [-0.39, 0.29) is 5.91 Å². The molecule has 0 unspecified atom stereocenters. The third-order valence-corrected chi connectivity index (χ3v) is 5.49. The average molecular weight is 425 g/mol. The van der Waals surface area contributed by atoms with Crippen LogP contribution in [0.4, 0.5) is 0 Å². The molecule has 0 fully saturated rings. The molecule has 0 saturated heterocycles. The summed E-state index contributed by atoms with van der Waals surface area (Å²) in [4.78, 5) is 17.0. The summed E-state index contributed by atoms with van der Waals surface area (Å²) >= 11 is 0. The van der Waals surface area contributed by atoms with E-state index in [0.29, 0.717) is 24.5 Å². The third-order valence-electron chi connectivity index (χ3n) is 5.49. The van der Waals surface area contributed by atoms with Gasteiger partial charge in [-0.25, -0.2) is 9.50 Å². The predicted octanol–water partition coefficient (Wildman–Crippen LogP) is 4.13. The summed E-state index contributed by atoms with van der Waals surface area (Å²) in [5.41, 5.74) is 5.40. The Hall–Kier alpha value is -3.09. The van der Waals surface area contributed by atoms with Crippen molar-refractivity contribution in [2.24, 2.45) is 5.92 Å². The highest BCUT2D eigenvalue weighted by molar-refractivity contribution is 5.76. The van der Waals surface area contributed by atoms with Gasteiger partial charge in [0.2, 0.25) is 5.91 Å². The molecule has 0 saturated carbocycles. The SMILES string of the molecule is COc1ccc(-c2cc3nc(C)c(CCC(=O)NCCC(C)C)c(C)n3n2)c(OC)c1. The van der Waals surface area contributed by atoms with Crippen LogP contribution in [-0.2, 0) is 11.2 Å². The van der Waals surface area contributed by atoms with Crippen molar-refractivity contribution in [1.29, 1.82) is 0 Å². The average Bonchev–Trinajstić information content (AvgIpc) is 3.16. The number of aromatic nitrogens is 3. The van der Waals surface area contributed by atoms with Gasteiger partial charge in [0.15, 0.2) is 5.65 Å². The van der Waals surface area contributed by atoms with Gasteiger partial charge in [0.05, 0.1) is 19.9 Å². The molecule has 0 aliphatic heterocycles. The molecule has 0 aliphatic carbocycles. The van der Waals surface area contributed by atoms with Crippen molar-refractivity contribution in [2.45, 2.75) is 47.0 Å². The fourth-order valence-electron chi connectivity index (χ4n) is 3.66. The lowest BCUT2D eigenvalue weighted by Gasteiger charge is -2.11. The molecule has 7 nitrogen and oxygen atoms in total. The first-order chi connectivity index (χ1) is 14.8. The number of carbonyl (C=O) groups is 1. The van der Waals surface area contributed by atoms with Gasteiger partial charge in [-0.3, -0.25) is 4.79 Å². The molecular formula is C24H32N4O3. The maximum Gasteiger partial charge on any atom is 0.220 e. The minimum absolute atomic E-state index is 0.0728. The fourth-order valence-corrected chi connectivity index (χ4v) is 3.66. The molecule has 1 N–H and O–H groups in total. The minimum Gasteiger partial charge on any atom is -0.497 e. The summed E-state index contributed by atoms with van der Waals surface area (Å²) in [6, 6.07) is 7.61. The Balaban J connectivity index is 1.85. The highest BCUT2D eigenvalue weighted by Gasteiger charge is 2.16. The summed E-state index contributed by atoms with van der Waals surface area (Å²) in [5, 5.41) is 7.78. The van der Waals surface area contributed by atoms with E-state index in [1.165, 1.54) is 0 Å². The number of amides is 1. The van der Waals surface area contributed by atoms with Crippen molar-refractivity contribution in [3.8, 4) is 22.8 Å². The fraction of sp³-hybridized carbons (Fsp3) is 0.458. The Morgan fingerprint density at radius 3 is 2.61 bits per heavy atom. The minimum atomic E-state index is 0.0728.